The highest BCUT2D eigenvalue weighted by molar-refractivity contribution is 6.11. The Morgan fingerprint density at radius 3 is 2.55 bits per heavy atom. The van der Waals surface area contributed by atoms with Gasteiger partial charge >= 0.3 is 6.09 Å². The Morgan fingerprint density at radius 2 is 2.00 bits per heavy atom. The van der Waals surface area contributed by atoms with Crippen LogP contribution in [0.1, 0.15) is 32.3 Å². The molecular formula is C15H18FN3O3. The number of amides is 2. The third-order valence-electron chi connectivity index (χ3n) is 3.59. The van der Waals surface area contributed by atoms with Gasteiger partial charge in [0.1, 0.15) is 11.4 Å². The van der Waals surface area contributed by atoms with Crippen LogP contribution in [0.2, 0.25) is 0 Å². The minimum atomic E-state index is -1.40. The molecule has 0 saturated carbocycles. The Bertz CT molecular complexity index is 613. The molecule has 6 nitrogen and oxygen atoms in total. The summed E-state index contributed by atoms with van der Waals surface area (Å²) < 4.78 is 13.1. The number of aliphatic imine (C=N–C) groups is 1. The summed E-state index contributed by atoms with van der Waals surface area (Å²) in [7, 11) is 0. The summed E-state index contributed by atoms with van der Waals surface area (Å²) in [6.07, 6.45) is -0.222. The Hall–Kier alpha value is -2.44. The topological polar surface area (TPSA) is 90.8 Å². The number of nitrogens with one attached hydrogen (secondary N) is 2. The molecule has 118 valence electrons. The number of carbonyl (C=O) groups excluding carboxylic acids is 1. The monoisotopic (exact) mass is 307 g/mol. The third kappa shape index (κ3) is 3.24. The van der Waals surface area contributed by atoms with Crippen LogP contribution in [0.3, 0.4) is 0 Å². The maximum atomic E-state index is 13.1. The second-order valence-corrected chi connectivity index (χ2v) is 5.67. The van der Waals surface area contributed by atoms with Gasteiger partial charge in [-0.1, -0.05) is 26.0 Å². The highest BCUT2D eigenvalue weighted by Crippen LogP contribution is 2.31. The molecule has 1 saturated heterocycles. The third-order valence-corrected chi connectivity index (χ3v) is 3.59. The van der Waals surface area contributed by atoms with Gasteiger partial charge in [-0.3, -0.25) is 10.1 Å². The van der Waals surface area contributed by atoms with Crippen LogP contribution in [0.5, 0.6) is 0 Å². The first-order valence-corrected chi connectivity index (χ1v) is 7.01. The van der Waals surface area contributed by atoms with Crippen molar-refractivity contribution in [1.29, 1.82) is 0 Å². The van der Waals surface area contributed by atoms with Gasteiger partial charge in [-0.2, -0.15) is 0 Å². The van der Waals surface area contributed by atoms with E-state index in [1.165, 1.54) is 24.3 Å². The van der Waals surface area contributed by atoms with Crippen LogP contribution in [-0.4, -0.2) is 23.1 Å². The molecule has 1 aliphatic heterocycles. The summed E-state index contributed by atoms with van der Waals surface area (Å²) in [5, 5.41) is 14.0. The summed E-state index contributed by atoms with van der Waals surface area (Å²) >= 11 is 0. The second-order valence-electron chi connectivity index (χ2n) is 5.67. The van der Waals surface area contributed by atoms with Crippen molar-refractivity contribution in [3.8, 4) is 0 Å². The SMILES string of the molecule is CC(C)CCC1(c2ccc(F)cc2)NC(=NC(=O)O)NC1=O. The van der Waals surface area contributed by atoms with E-state index >= 15 is 0 Å². The summed E-state index contributed by atoms with van der Waals surface area (Å²) in [6.45, 7) is 4.05. The number of hydrogen-bond donors (Lipinski definition) is 3. The average molecular weight is 307 g/mol. The van der Waals surface area contributed by atoms with Crippen molar-refractivity contribution in [1.82, 2.24) is 10.6 Å². The molecule has 0 bridgehead atoms. The lowest BCUT2D eigenvalue weighted by Gasteiger charge is -2.27. The molecule has 3 N–H and O–H groups in total. The van der Waals surface area contributed by atoms with Crippen molar-refractivity contribution < 1.29 is 19.1 Å². The molecule has 7 heteroatoms. The van der Waals surface area contributed by atoms with Crippen LogP contribution in [0.15, 0.2) is 29.3 Å². The van der Waals surface area contributed by atoms with E-state index < -0.39 is 17.4 Å². The number of carboxylic acid groups (broad SMARTS) is 1. The minimum Gasteiger partial charge on any atom is -0.463 e. The van der Waals surface area contributed by atoms with Gasteiger partial charge in [0.15, 0.2) is 0 Å². The van der Waals surface area contributed by atoms with E-state index in [0.717, 1.165) is 6.42 Å². The van der Waals surface area contributed by atoms with Crippen molar-refractivity contribution in [2.75, 3.05) is 0 Å². The summed E-state index contributed by atoms with van der Waals surface area (Å²) in [5.74, 6) is -0.543. The van der Waals surface area contributed by atoms with Gasteiger partial charge < -0.3 is 10.4 Å². The fraction of sp³-hybridized carbons (Fsp3) is 0.400. The van der Waals surface area contributed by atoms with Crippen LogP contribution in [-0.2, 0) is 10.3 Å². The first kappa shape index (κ1) is 15.9. The number of guanidine groups is 1. The standard InChI is InChI=1S/C15H18FN3O3/c1-9(2)7-8-15(10-3-5-11(16)6-4-10)12(20)17-13(19-15)18-14(21)22/h3-6,9H,7-8H2,1-2H3,(H,21,22)(H2,17,18,19,20). The Labute approximate surface area is 127 Å². The Kier molecular flexibility index (Phi) is 4.44. The molecule has 2 amide bonds. The molecule has 0 spiro atoms. The van der Waals surface area contributed by atoms with Crippen molar-refractivity contribution >= 4 is 18.0 Å². The highest BCUT2D eigenvalue weighted by Gasteiger charge is 2.46. The fourth-order valence-corrected chi connectivity index (χ4v) is 2.42. The fourth-order valence-electron chi connectivity index (χ4n) is 2.42. The lowest BCUT2D eigenvalue weighted by atomic mass is 9.83. The van der Waals surface area contributed by atoms with E-state index in [9.17, 15) is 14.0 Å². The molecule has 2 rings (SSSR count). The van der Waals surface area contributed by atoms with Crippen molar-refractivity contribution in [2.24, 2.45) is 10.9 Å². The lowest BCUT2D eigenvalue weighted by molar-refractivity contribution is -0.124. The second kappa shape index (κ2) is 6.13. The molecule has 1 aliphatic rings. The molecule has 1 heterocycles. The maximum Gasteiger partial charge on any atom is 0.434 e. The first-order valence-electron chi connectivity index (χ1n) is 7.01. The summed E-state index contributed by atoms with van der Waals surface area (Å²) in [6, 6.07) is 5.58. The molecule has 1 unspecified atom stereocenters. The Morgan fingerprint density at radius 1 is 1.36 bits per heavy atom. The van der Waals surface area contributed by atoms with Crippen LogP contribution in [0.25, 0.3) is 0 Å². The van der Waals surface area contributed by atoms with Crippen LogP contribution < -0.4 is 10.6 Å². The van der Waals surface area contributed by atoms with E-state index in [1.807, 2.05) is 13.8 Å². The van der Waals surface area contributed by atoms with E-state index in [2.05, 4.69) is 15.6 Å². The molecule has 22 heavy (non-hydrogen) atoms. The molecule has 0 aliphatic carbocycles. The van der Waals surface area contributed by atoms with Crippen molar-refractivity contribution in [3.05, 3.63) is 35.6 Å². The number of nitrogens with zero attached hydrogens (tertiary/aromatic N) is 1. The normalized spacial score (nSPS) is 22.7. The predicted octanol–water partition coefficient (Wildman–Crippen LogP) is 2.21. The van der Waals surface area contributed by atoms with E-state index in [4.69, 9.17) is 5.11 Å². The van der Waals surface area contributed by atoms with Crippen LogP contribution in [0, 0.1) is 11.7 Å². The van der Waals surface area contributed by atoms with Gasteiger partial charge in [0, 0.05) is 0 Å². The first-order chi connectivity index (χ1) is 10.3. The highest BCUT2D eigenvalue weighted by atomic mass is 19.1. The van der Waals surface area contributed by atoms with Crippen molar-refractivity contribution in [2.45, 2.75) is 32.2 Å². The zero-order chi connectivity index (χ0) is 16.3. The smallest absolute Gasteiger partial charge is 0.434 e. The van der Waals surface area contributed by atoms with Crippen molar-refractivity contribution in [3.63, 3.8) is 0 Å². The van der Waals surface area contributed by atoms with Gasteiger partial charge in [-0.05, 0) is 36.5 Å². The number of carbonyl (C=O) groups is 2. The number of halogens is 1. The van der Waals surface area contributed by atoms with E-state index in [0.29, 0.717) is 17.9 Å². The molecule has 1 aromatic rings. The average Bonchev–Trinajstić information content (AvgIpc) is 2.73. The van der Waals surface area contributed by atoms with Crippen LogP contribution in [0.4, 0.5) is 9.18 Å². The molecule has 1 fully saturated rings. The predicted molar refractivity (Wildman–Crippen MR) is 78.9 cm³/mol. The van der Waals surface area contributed by atoms with Gasteiger partial charge in [-0.25, -0.2) is 9.18 Å². The molecule has 0 aromatic heterocycles. The zero-order valence-corrected chi connectivity index (χ0v) is 12.4. The largest absolute Gasteiger partial charge is 0.463 e. The zero-order valence-electron chi connectivity index (χ0n) is 12.4. The number of benzene rings is 1. The number of rotatable bonds is 4. The van der Waals surface area contributed by atoms with Gasteiger partial charge in [-0.15, -0.1) is 4.99 Å². The lowest BCUT2D eigenvalue weighted by Crippen LogP contribution is -2.44. The Balaban J connectivity index is 2.40. The van der Waals surface area contributed by atoms with Gasteiger partial charge in [0.25, 0.3) is 5.91 Å². The maximum absolute atomic E-state index is 13.1. The quantitative estimate of drug-likeness (QED) is 0.795. The molecular weight excluding hydrogens is 289 g/mol. The summed E-state index contributed by atoms with van der Waals surface area (Å²) in [5.41, 5.74) is -0.561. The molecule has 1 aromatic carbocycles. The van der Waals surface area contributed by atoms with Gasteiger partial charge in [0.05, 0.1) is 0 Å². The minimum absolute atomic E-state index is 0.106. The molecule has 0 radical (unpaired) electrons. The number of hydrogen-bond acceptors (Lipinski definition) is 2. The van der Waals surface area contributed by atoms with Crippen LogP contribution >= 0.6 is 0 Å². The van der Waals surface area contributed by atoms with E-state index in [1.54, 1.807) is 0 Å². The summed E-state index contributed by atoms with van der Waals surface area (Å²) in [4.78, 5) is 26.4. The molecule has 1 atom stereocenters. The van der Waals surface area contributed by atoms with Gasteiger partial charge in [0.2, 0.25) is 5.96 Å². The van der Waals surface area contributed by atoms with E-state index in [-0.39, 0.29) is 11.9 Å².